The zero-order valence-electron chi connectivity index (χ0n) is 19.8. The monoisotopic (exact) mass is 455 g/mol. The number of carbonyl (C=O) groups is 1. The summed E-state index contributed by atoms with van der Waals surface area (Å²) >= 11 is 0. The summed E-state index contributed by atoms with van der Waals surface area (Å²) in [6, 6.07) is 7.70. The Morgan fingerprint density at radius 1 is 1.21 bits per heavy atom. The van der Waals surface area contributed by atoms with Crippen LogP contribution in [-0.4, -0.2) is 26.5 Å². The van der Waals surface area contributed by atoms with Crippen LogP contribution in [0, 0.1) is 20.8 Å². The molecule has 4 rings (SSSR count). The van der Waals surface area contributed by atoms with Crippen LogP contribution in [0.5, 0.6) is 0 Å². The van der Waals surface area contributed by atoms with Gasteiger partial charge in [-0.15, -0.1) is 0 Å². The van der Waals surface area contributed by atoms with Crippen molar-refractivity contribution in [1.29, 1.82) is 0 Å². The van der Waals surface area contributed by atoms with Gasteiger partial charge in [0.15, 0.2) is 0 Å². The molecule has 1 aromatic carbocycles. The molecule has 1 atom stereocenters. The number of rotatable bonds is 6. The first-order valence-electron chi connectivity index (χ1n) is 11.1. The minimum atomic E-state index is -0.294. The first-order chi connectivity index (χ1) is 16.3. The minimum Gasteiger partial charge on any atom is -0.404 e. The van der Waals surface area contributed by atoms with E-state index in [-0.39, 0.29) is 17.5 Å². The number of nitrogens with zero attached hydrogens (tertiary/aromatic N) is 4. The fourth-order valence-electron chi connectivity index (χ4n) is 4.04. The lowest BCUT2D eigenvalue weighted by atomic mass is 9.96. The molecule has 34 heavy (non-hydrogen) atoms. The Morgan fingerprint density at radius 2 is 2.00 bits per heavy atom. The Kier molecular flexibility index (Phi) is 6.32. The molecule has 0 fully saturated rings. The number of amides is 1. The molecule has 0 aliphatic rings. The van der Waals surface area contributed by atoms with Gasteiger partial charge in [-0.05, 0) is 73.5 Å². The van der Waals surface area contributed by atoms with Crippen molar-refractivity contribution >= 4 is 34.4 Å². The van der Waals surface area contributed by atoms with Crippen molar-refractivity contribution in [3.05, 3.63) is 82.6 Å². The molecule has 0 aliphatic carbocycles. The lowest BCUT2D eigenvalue weighted by Gasteiger charge is -2.15. The van der Waals surface area contributed by atoms with Crippen LogP contribution in [-0.2, 0) is 11.3 Å². The summed E-state index contributed by atoms with van der Waals surface area (Å²) in [6.07, 6.45) is 8.43. The van der Waals surface area contributed by atoms with Crippen LogP contribution in [0.1, 0.15) is 40.9 Å². The van der Waals surface area contributed by atoms with E-state index in [0.717, 1.165) is 44.4 Å². The number of hydrogen-bond acceptors (Lipinski definition) is 6. The molecule has 3 heterocycles. The van der Waals surface area contributed by atoms with Gasteiger partial charge < -0.3 is 21.2 Å². The fraction of sp³-hybridized carbons (Fsp3) is 0.231. The summed E-state index contributed by atoms with van der Waals surface area (Å²) in [5.74, 6) is 0.205. The lowest BCUT2D eigenvalue weighted by molar-refractivity contribution is -0.117. The molecule has 4 aromatic rings. The number of hydrogen-bond donors (Lipinski definition) is 3. The van der Waals surface area contributed by atoms with E-state index < -0.39 is 0 Å². The summed E-state index contributed by atoms with van der Waals surface area (Å²) in [7, 11) is 0. The average Bonchev–Trinajstić information content (AvgIpc) is 3.23. The number of fused-ring (bicyclic) bond motifs is 2. The third kappa shape index (κ3) is 4.47. The molecule has 0 unspecified atom stereocenters. The summed E-state index contributed by atoms with van der Waals surface area (Å²) in [6.45, 7) is 8.35. The van der Waals surface area contributed by atoms with Crippen molar-refractivity contribution in [3.63, 3.8) is 0 Å². The predicted molar refractivity (Wildman–Crippen MR) is 137 cm³/mol. The third-order valence-corrected chi connectivity index (χ3v) is 6.06. The molecule has 0 spiro atoms. The molecular weight excluding hydrogens is 426 g/mol. The Hall–Kier alpha value is -4.20. The van der Waals surface area contributed by atoms with Crippen LogP contribution < -0.4 is 16.8 Å². The van der Waals surface area contributed by atoms with Crippen molar-refractivity contribution in [1.82, 2.24) is 19.7 Å². The molecule has 1 amide bonds. The molecule has 0 saturated carbocycles. The topological polar surface area (TPSA) is 124 Å². The standard InChI is InChI=1S/C26H29N7O/c1-15-5-6-24-32-23(14-33(24)13-15)18(4)30-11-19(10-27)26(34)31-12-22-16(2)9-21-20(17(22)3)7-8-29-25(21)28/h5-11,13-14,18H,12,27H2,1-4H3,(H2,28,29)(H,31,34)/b19-10+,30-11?/t18-/m1/s1. The highest BCUT2D eigenvalue weighted by atomic mass is 16.1. The lowest BCUT2D eigenvalue weighted by Crippen LogP contribution is -2.26. The molecule has 0 saturated heterocycles. The Balaban J connectivity index is 1.47. The van der Waals surface area contributed by atoms with Gasteiger partial charge in [-0.2, -0.15) is 0 Å². The van der Waals surface area contributed by atoms with Crippen molar-refractivity contribution in [2.75, 3.05) is 5.73 Å². The Labute approximate surface area is 198 Å². The van der Waals surface area contributed by atoms with E-state index in [2.05, 4.69) is 20.3 Å². The number of imidazole rings is 1. The van der Waals surface area contributed by atoms with Gasteiger partial charge >= 0.3 is 0 Å². The van der Waals surface area contributed by atoms with Gasteiger partial charge in [0.25, 0.3) is 5.91 Å². The summed E-state index contributed by atoms with van der Waals surface area (Å²) in [5.41, 5.74) is 18.0. The van der Waals surface area contributed by atoms with E-state index >= 15 is 0 Å². The molecule has 0 bridgehead atoms. The average molecular weight is 456 g/mol. The van der Waals surface area contributed by atoms with Gasteiger partial charge in [0.2, 0.25) is 0 Å². The minimum absolute atomic E-state index is 0.230. The first kappa shape index (κ1) is 23.0. The van der Waals surface area contributed by atoms with E-state index in [1.54, 1.807) is 6.20 Å². The summed E-state index contributed by atoms with van der Waals surface area (Å²) < 4.78 is 1.97. The number of carbonyl (C=O) groups excluding carboxylic acids is 1. The van der Waals surface area contributed by atoms with Crippen LogP contribution in [0.25, 0.3) is 16.4 Å². The molecule has 0 radical (unpaired) electrons. The predicted octanol–water partition coefficient (Wildman–Crippen LogP) is 3.68. The number of nitrogens with two attached hydrogens (primary N) is 2. The second kappa shape index (κ2) is 9.35. The van der Waals surface area contributed by atoms with Crippen LogP contribution in [0.15, 0.2) is 59.6 Å². The maximum Gasteiger partial charge on any atom is 0.254 e. The number of anilines is 1. The molecule has 174 valence electrons. The number of pyridine rings is 2. The Morgan fingerprint density at radius 3 is 2.76 bits per heavy atom. The van der Waals surface area contributed by atoms with Crippen LogP contribution >= 0.6 is 0 Å². The van der Waals surface area contributed by atoms with Gasteiger partial charge in [0.1, 0.15) is 11.5 Å². The number of aryl methyl sites for hydroxylation is 3. The van der Waals surface area contributed by atoms with Crippen molar-refractivity contribution in [2.24, 2.45) is 10.7 Å². The highest BCUT2D eigenvalue weighted by Gasteiger charge is 2.14. The van der Waals surface area contributed by atoms with Gasteiger partial charge in [-0.25, -0.2) is 9.97 Å². The second-order valence-electron chi connectivity index (χ2n) is 8.48. The molecule has 8 heteroatoms. The number of aromatic nitrogens is 3. The highest BCUT2D eigenvalue weighted by Crippen LogP contribution is 2.27. The van der Waals surface area contributed by atoms with Gasteiger partial charge in [0.05, 0.1) is 17.3 Å². The quantitative estimate of drug-likeness (QED) is 0.302. The fourth-order valence-corrected chi connectivity index (χ4v) is 4.04. The largest absolute Gasteiger partial charge is 0.404 e. The molecular formula is C26H29N7O. The van der Waals surface area contributed by atoms with E-state index in [0.29, 0.717) is 12.4 Å². The van der Waals surface area contributed by atoms with Gasteiger partial charge in [-0.3, -0.25) is 9.79 Å². The number of aliphatic imine (C=N–C) groups is 1. The molecule has 5 N–H and O–H groups in total. The van der Waals surface area contributed by atoms with Crippen LogP contribution in [0.4, 0.5) is 5.82 Å². The SMILES string of the molecule is Cc1ccc2nc([C@@H](C)N=C/C(=C\N)C(=O)NCc3c(C)cc4c(N)nccc4c3C)cn2c1. The van der Waals surface area contributed by atoms with Crippen molar-refractivity contribution < 1.29 is 4.79 Å². The zero-order chi connectivity index (χ0) is 24.4. The van der Waals surface area contributed by atoms with Gasteiger partial charge in [-0.1, -0.05) is 6.07 Å². The molecule has 0 aliphatic heterocycles. The smallest absolute Gasteiger partial charge is 0.254 e. The first-order valence-corrected chi connectivity index (χ1v) is 11.1. The van der Waals surface area contributed by atoms with E-state index in [1.807, 2.05) is 68.8 Å². The maximum absolute atomic E-state index is 12.8. The van der Waals surface area contributed by atoms with Gasteiger partial charge in [0, 0.05) is 42.9 Å². The van der Waals surface area contributed by atoms with Crippen LogP contribution in [0.2, 0.25) is 0 Å². The normalized spacial score (nSPS) is 13.1. The zero-order valence-corrected chi connectivity index (χ0v) is 19.8. The van der Waals surface area contributed by atoms with E-state index in [1.165, 1.54) is 12.4 Å². The summed E-state index contributed by atoms with van der Waals surface area (Å²) in [5, 5.41) is 4.90. The van der Waals surface area contributed by atoms with E-state index in [4.69, 9.17) is 11.5 Å². The second-order valence-corrected chi connectivity index (χ2v) is 8.48. The van der Waals surface area contributed by atoms with Crippen molar-refractivity contribution in [3.8, 4) is 0 Å². The molecule has 8 nitrogen and oxygen atoms in total. The maximum atomic E-state index is 12.8. The number of nitrogen functional groups attached to an aromatic ring is 1. The number of benzene rings is 1. The molecule has 3 aromatic heterocycles. The number of nitrogens with one attached hydrogen (secondary N) is 1. The van der Waals surface area contributed by atoms with Crippen molar-refractivity contribution in [2.45, 2.75) is 40.3 Å². The van der Waals surface area contributed by atoms with Crippen LogP contribution in [0.3, 0.4) is 0 Å². The van der Waals surface area contributed by atoms with E-state index in [9.17, 15) is 4.79 Å². The summed E-state index contributed by atoms with van der Waals surface area (Å²) in [4.78, 5) is 26.1. The third-order valence-electron chi connectivity index (χ3n) is 6.06. The Bertz CT molecular complexity index is 1450. The highest BCUT2D eigenvalue weighted by molar-refractivity contribution is 6.12.